The highest BCUT2D eigenvalue weighted by molar-refractivity contribution is 5.82. The molecule has 0 aliphatic heterocycles. The van der Waals surface area contributed by atoms with Crippen LogP contribution in [0.15, 0.2) is 22.7 Å². The van der Waals surface area contributed by atoms with Gasteiger partial charge in [0.15, 0.2) is 5.58 Å². The predicted molar refractivity (Wildman–Crippen MR) is 56.6 cm³/mol. The highest BCUT2D eigenvalue weighted by Gasteiger charge is 2.40. The molecule has 78 valence electrons. The second kappa shape index (κ2) is 2.83. The van der Waals surface area contributed by atoms with Gasteiger partial charge < -0.3 is 9.63 Å². The van der Waals surface area contributed by atoms with Crippen molar-refractivity contribution >= 4 is 11.0 Å². The van der Waals surface area contributed by atoms with Gasteiger partial charge in [0.1, 0.15) is 0 Å². The van der Waals surface area contributed by atoms with Gasteiger partial charge in [-0.15, -0.1) is 0 Å². The Bertz CT molecular complexity index is 511. The van der Waals surface area contributed by atoms with Crippen LogP contribution in [0.1, 0.15) is 24.1 Å². The SMILES string of the molecule is Cc1noc2c(CC3(O)CC3)cccc12. The van der Waals surface area contributed by atoms with Crippen molar-refractivity contribution in [1.82, 2.24) is 5.16 Å². The number of fused-ring (bicyclic) bond motifs is 1. The summed E-state index contributed by atoms with van der Waals surface area (Å²) in [7, 11) is 0. The molecule has 1 aromatic heterocycles. The number of aliphatic hydroxyl groups is 1. The first kappa shape index (κ1) is 8.92. The van der Waals surface area contributed by atoms with Gasteiger partial charge in [0.2, 0.25) is 0 Å². The molecule has 0 bridgehead atoms. The quantitative estimate of drug-likeness (QED) is 0.813. The van der Waals surface area contributed by atoms with E-state index in [4.69, 9.17) is 4.52 Å². The van der Waals surface area contributed by atoms with Crippen molar-refractivity contribution in [3.63, 3.8) is 0 Å². The summed E-state index contributed by atoms with van der Waals surface area (Å²) in [5.41, 5.74) is 2.33. The smallest absolute Gasteiger partial charge is 0.170 e. The minimum absolute atomic E-state index is 0.477. The molecule has 0 amide bonds. The summed E-state index contributed by atoms with van der Waals surface area (Å²) in [5.74, 6) is 0. The Morgan fingerprint density at radius 1 is 1.47 bits per heavy atom. The van der Waals surface area contributed by atoms with Crippen LogP contribution in [0.2, 0.25) is 0 Å². The van der Waals surface area contributed by atoms with Gasteiger partial charge in [-0.25, -0.2) is 0 Å². The molecule has 1 saturated carbocycles. The normalized spacial score (nSPS) is 18.3. The summed E-state index contributed by atoms with van der Waals surface area (Å²) >= 11 is 0. The summed E-state index contributed by atoms with van der Waals surface area (Å²) < 4.78 is 5.29. The maximum Gasteiger partial charge on any atom is 0.170 e. The topological polar surface area (TPSA) is 46.3 Å². The van der Waals surface area contributed by atoms with Crippen LogP contribution in [-0.2, 0) is 6.42 Å². The Hall–Kier alpha value is -1.35. The van der Waals surface area contributed by atoms with Crippen molar-refractivity contribution in [3.8, 4) is 0 Å². The maximum absolute atomic E-state index is 9.89. The summed E-state index contributed by atoms with van der Waals surface area (Å²) in [4.78, 5) is 0. The van der Waals surface area contributed by atoms with E-state index in [2.05, 4.69) is 5.16 Å². The highest BCUT2D eigenvalue weighted by atomic mass is 16.5. The first-order valence-corrected chi connectivity index (χ1v) is 5.24. The summed E-state index contributed by atoms with van der Waals surface area (Å²) in [6, 6.07) is 6.00. The standard InChI is InChI=1S/C12H13NO2/c1-8-10-4-2-3-9(11(10)15-13-8)7-12(14)5-6-12/h2-4,14H,5-7H2,1H3. The van der Waals surface area contributed by atoms with Gasteiger partial charge in [-0.2, -0.15) is 0 Å². The Morgan fingerprint density at radius 3 is 3.00 bits per heavy atom. The largest absolute Gasteiger partial charge is 0.390 e. The lowest BCUT2D eigenvalue weighted by molar-refractivity contribution is 0.151. The van der Waals surface area contributed by atoms with E-state index in [9.17, 15) is 5.11 Å². The van der Waals surface area contributed by atoms with E-state index >= 15 is 0 Å². The van der Waals surface area contributed by atoms with Crippen LogP contribution in [-0.4, -0.2) is 15.9 Å². The van der Waals surface area contributed by atoms with Gasteiger partial charge in [0, 0.05) is 17.4 Å². The van der Waals surface area contributed by atoms with E-state index in [1.165, 1.54) is 0 Å². The average molecular weight is 203 g/mol. The molecule has 0 spiro atoms. The molecule has 3 rings (SSSR count). The van der Waals surface area contributed by atoms with Crippen molar-refractivity contribution in [2.75, 3.05) is 0 Å². The Labute approximate surface area is 87.7 Å². The van der Waals surface area contributed by atoms with Crippen LogP contribution in [0.5, 0.6) is 0 Å². The number of aromatic nitrogens is 1. The van der Waals surface area contributed by atoms with Gasteiger partial charge in [-0.1, -0.05) is 17.3 Å². The van der Waals surface area contributed by atoms with Crippen LogP contribution in [0, 0.1) is 6.92 Å². The Kier molecular flexibility index (Phi) is 1.68. The van der Waals surface area contributed by atoms with E-state index in [1.54, 1.807) is 0 Å². The molecule has 1 N–H and O–H groups in total. The fourth-order valence-electron chi connectivity index (χ4n) is 1.96. The maximum atomic E-state index is 9.89. The molecule has 1 aliphatic carbocycles. The molecule has 0 unspecified atom stereocenters. The van der Waals surface area contributed by atoms with Gasteiger partial charge in [0.25, 0.3) is 0 Å². The second-order valence-electron chi connectivity index (χ2n) is 4.46. The lowest BCUT2D eigenvalue weighted by Gasteiger charge is -2.06. The van der Waals surface area contributed by atoms with Gasteiger partial charge in [-0.3, -0.25) is 0 Å². The van der Waals surface area contributed by atoms with Crippen LogP contribution in [0.3, 0.4) is 0 Å². The fraction of sp³-hybridized carbons (Fsp3) is 0.417. The summed E-state index contributed by atoms with van der Waals surface area (Å²) in [6.45, 7) is 1.93. The van der Waals surface area contributed by atoms with Gasteiger partial charge in [-0.05, 0) is 25.8 Å². The molecular weight excluding hydrogens is 190 g/mol. The molecule has 1 aliphatic rings. The van der Waals surface area contributed by atoms with Crippen molar-refractivity contribution in [2.45, 2.75) is 31.8 Å². The first-order valence-electron chi connectivity index (χ1n) is 5.24. The Morgan fingerprint density at radius 2 is 2.27 bits per heavy atom. The summed E-state index contributed by atoms with van der Waals surface area (Å²) in [5, 5.41) is 14.9. The molecule has 1 aromatic carbocycles. The number of aryl methyl sites for hydroxylation is 1. The first-order chi connectivity index (χ1) is 7.18. The zero-order valence-electron chi connectivity index (χ0n) is 8.66. The minimum atomic E-state index is -0.477. The van der Waals surface area contributed by atoms with Crippen LogP contribution in [0.25, 0.3) is 11.0 Å². The van der Waals surface area contributed by atoms with E-state index in [0.29, 0.717) is 6.42 Å². The third-order valence-electron chi connectivity index (χ3n) is 3.11. The van der Waals surface area contributed by atoms with E-state index in [1.807, 2.05) is 25.1 Å². The van der Waals surface area contributed by atoms with Crippen molar-refractivity contribution in [2.24, 2.45) is 0 Å². The lowest BCUT2D eigenvalue weighted by Crippen LogP contribution is -2.10. The number of hydrogen-bond donors (Lipinski definition) is 1. The zero-order chi connectivity index (χ0) is 10.5. The minimum Gasteiger partial charge on any atom is -0.390 e. The number of benzene rings is 1. The number of nitrogens with zero attached hydrogens (tertiary/aromatic N) is 1. The third kappa shape index (κ3) is 1.43. The third-order valence-corrected chi connectivity index (χ3v) is 3.11. The van der Waals surface area contributed by atoms with E-state index < -0.39 is 5.60 Å². The molecule has 3 nitrogen and oxygen atoms in total. The number of rotatable bonds is 2. The lowest BCUT2D eigenvalue weighted by atomic mass is 10.0. The Balaban J connectivity index is 2.09. The predicted octanol–water partition coefficient (Wildman–Crippen LogP) is 2.20. The molecule has 1 heterocycles. The average Bonchev–Trinajstić information content (AvgIpc) is 2.81. The molecular formula is C12H13NO2. The molecule has 1 fully saturated rings. The van der Waals surface area contributed by atoms with Crippen molar-refractivity contribution < 1.29 is 9.63 Å². The number of hydrogen-bond acceptors (Lipinski definition) is 3. The molecule has 2 aromatic rings. The molecule has 3 heteroatoms. The van der Waals surface area contributed by atoms with Crippen LogP contribution in [0.4, 0.5) is 0 Å². The zero-order valence-corrected chi connectivity index (χ0v) is 8.66. The molecule has 0 radical (unpaired) electrons. The highest BCUT2D eigenvalue weighted by Crippen LogP contribution is 2.39. The van der Waals surface area contributed by atoms with Crippen molar-refractivity contribution in [1.29, 1.82) is 0 Å². The monoisotopic (exact) mass is 203 g/mol. The summed E-state index contributed by atoms with van der Waals surface area (Å²) in [6.07, 6.45) is 2.48. The fourth-order valence-corrected chi connectivity index (χ4v) is 1.96. The van der Waals surface area contributed by atoms with Crippen molar-refractivity contribution in [3.05, 3.63) is 29.5 Å². The van der Waals surface area contributed by atoms with Crippen LogP contribution >= 0.6 is 0 Å². The van der Waals surface area contributed by atoms with Gasteiger partial charge >= 0.3 is 0 Å². The molecule has 15 heavy (non-hydrogen) atoms. The van der Waals surface area contributed by atoms with E-state index in [0.717, 1.165) is 35.1 Å². The van der Waals surface area contributed by atoms with Gasteiger partial charge in [0.05, 0.1) is 11.3 Å². The molecule has 0 atom stereocenters. The molecule has 0 saturated heterocycles. The van der Waals surface area contributed by atoms with E-state index in [-0.39, 0.29) is 0 Å². The number of para-hydroxylation sites is 1. The van der Waals surface area contributed by atoms with Crippen LogP contribution < -0.4 is 0 Å². The second-order valence-corrected chi connectivity index (χ2v) is 4.46.